The van der Waals surface area contributed by atoms with Crippen LogP contribution in [0, 0.1) is 23.7 Å². The molecule has 3 fully saturated rings. The summed E-state index contributed by atoms with van der Waals surface area (Å²) in [6.07, 6.45) is -3.13. The van der Waals surface area contributed by atoms with E-state index >= 15 is 4.79 Å². The summed E-state index contributed by atoms with van der Waals surface area (Å²) in [7, 11) is 5.28. The number of amides is 1. The molecule has 3 aromatic carbocycles. The molecule has 3 aliphatic rings. The number of carbonyl (C=O) groups excluding carboxylic acids is 2. The number of carbonyl (C=O) groups is 2. The van der Waals surface area contributed by atoms with Gasteiger partial charge in [-0.25, -0.2) is 4.79 Å². The van der Waals surface area contributed by atoms with Crippen molar-refractivity contribution in [3.8, 4) is 0 Å². The Hall–Kier alpha value is -3.57. The molecule has 1 amide bonds. The van der Waals surface area contributed by atoms with Gasteiger partial charge in [0.1, 0.15) is 47.1 Å². The number of aliphatic hydroxyl groups is 4. The lowest BCUT2D eigenvalue weighted by Gasteiger charge is -2.51. The van der Waals surface area contributed by atoms with Crippen LogP contribution in [-0.2, 0) is 33.2 Å². The first kappa shape index (κ1) is 64.6. The van der Waals surface area contributed by atoms with Gasteiger partial charge >= 0.3 is 12.1 Å². The van der Waals surface area contributed by atoms with Crippen LogP contribution < -0.4 is 21.2 Å². The van der Waals surface area contributed by atoms with Crippen LogP contribution >= 0.6 is 7.26 Å². The van der Waals surface area contributed by atoms with E-state index in [1.54, 1.807) is 34.8 Å². The fourth-order valence-electron chi connectivity index (χ4n) is 13.5. The molecule has 0 spiro atoms. The summed E-state index contributed by atoms with van der Waals surface area (Å²) in [5.41, 5.74) is -4.53. The highest BCUT2D eigenvalue weighted by Crippen LogP contribution is 2.56. The standard InChI is InChI=1S/C63H98N3O12P/c1-15-52-63(10,72)57(78-60(70)64-35-27-16-17-28-36-79(47-29-21-18-22-30-47,48-31-23-19-24-32-48)49-33-25-20-26-34-49)45(6)66(13)40-41(2)38-61(8,71)56(77-59-54(67)50(65(11)12)37-42(3)74-59)43(4)53(44(5)58(69)76-52)51-39-62(9,73-14)55(68)46(7)75-51/h18-26,29-34,41-46,50-57,59,67-68,71-72H,15-17,27-28,35-40H2,1-14H3/p+1/t41-,42-,43+,44-,45-,46+,50+,51-,52-,53?,54-,55+,56-,57-,59+,61-,62-,63-/m1/s1. The van der Waals surface area contributed by atoms with Gasteiger partial charge in [0.25, 0.3) is 0 Å². The molecular weight excluding hydrogens is 1020 g/mol. The van der Waals surface area contributed by atoms with E-state index in [1.165, 1.54) is 15.9 Å². The lowest BCUT2D eigenvalue weighted by molar-refractivity contribution is -0.302. The van der Waals surface area contributed by atoms with Crippen LogP contribution in [0.2, 0.25) is 0 Å². The fourth-order valence-corrected chi connectivity index (χ4v) is 18.0. The van der Waals surface area contributed by atoms with Crippen molar-refractivity contribution < 1.29 is 58.4 Å². The molecule has 3 aromatic rings. The van der Waals surface area contributed by atoms with Crippen molar-refractivity contribution in [1.29, 1.82) is 0 Å². The number of ether oxygens (including phenoxy) is 6. The summed E-state index contributed by atoms with van der Waals surface area (Å²) >= 11 is 0. The molecule has 0 bridgehead atoms. The number of alkyl carbamates (subject to hydrolysis) is 1. The average Bonchev–Trinajstić information content (AvgIpc) is 3.50. The lowest BCUT2D eigenvalue weighted by atomic mass is 9.68. The van der Waals surface area contributed by atoms with E-state index in [1.807, 2.05) is 72.5 Å². The molecule has 6 rings (SSSR count). The van der Waals surface area contributed by atoms with Crippen LogP contribution in [-0.4, -0.2) is 174 Å². The zero-order chi connectivity index (χ0) is 58.0. The molecule has 442 valence electrons. The summed E-state index contributed by atoms with van der Waals surface area (Å²) in [5, 5.41) is 56.1. The number of methoxy groups -OCH3 is 1. The second-order valence-electron chi connectivity index (χ2n) is 24.5. The van der Waals surface area contributed by atoms with Crippen molar-refractivity contribution >= 4 is 35.2 Å². The number of rotatable bonds is 17. The minimum Gasteiger partial charge on any atom is -0.459 e. The van der Waals surface area contributed by atoms with Gasteiger partial charge in [0.05, 0.1) is 47.7 Å². The third-order valence-electron chi connectivity index (χ3n) is 18.0. The van der Waals surface area contributed by atoms with Gasteiger partial charge in [-0.05, 0) is 149 Å². The van der Waals surface area contributed by atoms with Crippen LogP contribution in [0.25, 0.3) is 0 Å². The molecule has 0 radical (unpaired) electrons. The summed E-state index contributed by atoms with van der Waals surface area (Å²) in [5.74, 6) is -3.19. The van der Waals surface area contributed by atoms with Crippen LogP contribution in [0.3, 0.4) is 0 Å². The quantitative estimate of drug-likeness (QED) is 0.0509. The maximum absolute atomic E-state index is 15.0. The number of hydrogen-bond donors (Lipinski definition) is 5. The number of benzene rings is 3. The highest BCUT2D eigenvalue weighted by Gasteiger charge is 2.56. The summed E-state index contributed by atoms with van der Waals surface area (Å²) in [4.78, 5) is 33.0. The Balaban J connectivity index is 1.23. The third kappa shape index (κ3) is 15.2. The number of aliphatic hydroxyl groups excluding tert-OH is 2. The normalized spacial score (nSPS) is 36.6. The van der Waals surface area contributed by atoms with E-state index in [4.69, 9.17) is 28.4 Å². The van der Waals surface area contributed by atoms with Gasteiger partial charge < -0.3 is 59.1 Å². The van der Waals surface area contributed by atoms with Gasteiger partial charge in [0.2, 0.25) is 0 Å². The molecule has 1 unspecified atom stereocenters. The third-order valence-corrected chi connectivity index (χ3v) is 22.6. The maximum Gasteiger partial charge on any atom is 0.407 e. The van der Waals surface area contributed by atoms with Gasteiger partial charge in [-0.3, -0.25) is 9.69 Å². The first-order valence-electron chi connectivity index (χ1n) is 29.2. The van der Waals surface area contributed by atoms with Gasteiger partial charge in [-0.2, -0.15) is 0 Å². The molecule has 18 atom stereocenters. The van der Waals surface area contributed by atoms with Gasteiger partial charge in [-0.15, -0.1) is 0 Å². The van der Waals surface area contributed by atoms with E-state index in [2.05, 4.69) is 96.3 Å². The highest BCUT2D eigenvalue weighted by molar-refractivity contribution is 7.95. The molecule has 0 aromatic heterocycles. The molecule has 0 saturated carbocycles. The molecular formula is C63H99N3O12P+. The Kier molecular flexibility index (Phi) is 23.0. The van der Waals surface area contributed by atoms with Crippen molar-refractivity contribution in [2.45, 2.75) is 205 Å². The summed E-state index contributed by atoms with van der Waals surface area (Å²) < 4.78 is 38.7. The van der Waals surface area contributed by atoms with Crippen LogP contribution in [0.5, 0.6) is 0 Å². The van der Waals surface area contributed by atoms with Crippen LogP contribution in [0.4, 0.5) is 4.79 Å². The van der Waals surface area contributed by atoms with E-state index in [0.717, 1.165) is 31.8 Å². The number of cyclic esters (lactones) is 1. The van der Waals surface area contributed by atoms with Gasteiger partial charge in [-0.1, -0.05) is 88.7 Å². The Morgan fingerprint density at radius 2 is 1.37 bits per heavy atom. The summed E-state index contributed by atoms with van der Waals surface area (Å²) in [6, 6.07) is 31.7. The fraction of sp³-hybridized carbons (Fsp3) is 0.683. The van der Waals surface area contributed by atoms with Crippen molar-refractivity contribution in [3.63, 3.8) is 0 Å². The first-order valence-corrected chi connectivity index (χ1v) is 31.2. The van der Waals surface area contributed by atoms with Crippen LogP contribution in [0.15, 0.2) is 91.0 Å². The predicted molar refractivity (Wildman–Crippen MR) is 314 cm³/mol. The lowest BCUT2D eigenvalue weighted by Crippen LogP contribution is -2.62. The number of nitrogens with one attached hydrogen (secondary N) is 1. The largest absolute Gasteiger partial charge is 0.459 e. The number of hydrogen-bond acceptors (Lipinski definition) is 14. The first-order chi connectivity index (χ1) is 37.3. The van der Waals surface area contributed by atoms with Crippen molar-refractivity contribution in [1.82, 2.24) is 15.1 Å². The Labute approximate surface area is 473 Å². The minimum absolute atomic E-state index is 0.190. The smallest absolute Gasteiger partial charge is 0.407 e. The molecule has 3 saturated heterocycles. The van der Waals surface area contributed by atoms with E-state index < -0.39 is 109 Å². The molecule has 5 N–H and O–H groups in total. The van der Waals surface area contributed by atoms with Crippen LogP contribution in [0.1, 0.15) is 121 Å². The van der Waals surface area contributed by atoms with E-state index in [-0.39, 0.29) is 37.3 Å². The zero-order valence-electron chi connectivity index (χ0n) is 50.0. The van der Waals surface area contributed by atoms with E-state index in [0.29, 0.717) is 19.5 Å². The van der Waals surface area contributed by atoms with Crippen molar-refractivity contribution in [2.75, 3.05) is 47.5 Å². The Bertz CT molecular complexity index is 2240. The average molecular weight is 1120 g/mol. The second kappa shape index (κ2) is 28.1. The highest BCUT2D eigenvalue weighted by atomic mass is 31.2. The SMILES string of the molecule is CC[C@H]1OC(=O)[C@H](C)C([C@H]2C[C@@](C)(OC)[C@@H](O)[C@H](C)O2)[C@H](C)[C@@H](O[C@@H]2O[C@H](C)C[C@H](N(C)C)[C@H]2O)[C@](C)(O)C[C@@H](C)CN(C)[C@H](C)[C@@H](OC(=O)NCCCCCC[P+](c2ccccc2)(c2ccccc2)c2ccccc2)[C@]1(C)O. The second-order valence-corrected chi connectivity index (χ2v) is 28.1. The molecule has 3 heterocycles. The van der Waals surface area contributed by atoms with Crippen molar-refractivity contribution in [2.24, 2.45) is 23.7 Å². The molecule has 15 nitrogen and oxygen atoms in total. The Morgan fingerprint density at radius 3 is 1.90 bits per heavy atom. The number of likely N-dealkylation sites (N-methyl/N-ethyl adjacent to an activating group) is 2. The Morgan fingerprint density at radius 1 is 0.810 bits per heavy atom. The molecule has 16 heteroatoms. The minimum atomic E-state index is -1.96. The van der Waals surface area contributed by atoms with Crippen molar-refractivity contribution in [3.05, 3.63) is 91.0 Å². The van der Waals surface area contributed by atoms with Gasteiger partial charge in [0.15, 0.2) is 12.4 Å². The number of unbranched alkanes of at least 4 members (excludes halogenated alkanes) is 3. The number of nitrogens with zero attached hydrogens (tertiary/aromatic N) is 2. The molecule has 0 aliphatic carbocycles. The maximum atomic E-state index is 15.0. The van der Waals surface area contributed by atoms with E-state index in [9.17, 15) is 25.2 Å². The predicted octanol–water partition coefficient (Wildman–Crippen LogP) is 7.46. The van der Waals surface area contributed by atoms with Gasteiger partial charge in [0, 0.05) is 44.6 Å². The molecule has 3 aliphatic heterocycles. The summed E-state index contributed by atoms with van der Waals surface area (Å²) in [6.45, 7) is 19.0. The molecule has 79 heavy (non-hydrogen) atoms. The zero-order valence-corrected chi connectivity index (χ0v) is 50.9. The number of esters is 1. The topological polar surface area (TPSA) is 189 Å². The monoisotopic (exact) mass is 1120 g/mol.